The molecule has 0 saturated heterocycles. The molecule has 1 aliphatic heterocycles. The molecule has 0 aliphatic carbocycles. The van der Waals surface area contributed by atoms with Gasteiger partial charge in [-0.1, -0.05) is 36.4 Å². The van der Waals surface area contributed by atoms with E-state index in [2.05, 4.69) is 4.98 Å². The van der Waals surface area contributed by atoms with Gasteiger partial charge in [0, 0.05) is 31.1 Å². The van der Waals surface area contributed by atoms with Crippen LogP contribution in [0, 0.1) is 13.7 Å². The number of nitrogens with zero attached hydrogens (tertiary/aromatic N) is 2. The molecule has 31 heavy (non-hydrogen) atoms. The van der Waals surface area contributed by atoms with Crippen LogP contribution in [0.1, 0.15) is 19.4 Å². The zero-order valence-corrected chi connectivity index (χ0v) is 16.3. The van der Waals surface area contributed by atoms with Crippen molar-refractivity contribution in [1.82, 2.24) is 9.55 Å². The van der Waals surface area contributed by atoms with E-state index in [0.717, 1.165) is 22.8 Å². The van der Waals surface area contributed by atoms with Gasteiger partial charge in [-0.2, -0.15) is 0 Å². The van der Waals surface area contributed by atoms with Gasteiger partial charge in [0.25, 0.3) is 0 Å². The highest BCUT2D eigenvalue weighted by Crippen LogP contribution is 2.53. The number of hydrogen-bond donors (Lipinski definition) is 0. The molecule has 0 spiro atoms. The first kappa shape index (κ1) is 12.6. The Morgan fingerprint density at radius 3 is 2.52 bits per heavy atom. The van der Waals surface area contributed by atoms with Crippen molar-refractivity contribution >= 4 is 10.9 Å². The highest BCUT2D eigenvalue weighted by atomic mass is 16.6. The smallest absolute Gasteiger partial charge is 0.249 e. The maximum atomic E-state index is 7.91. The number of fused-ring (bicyclic) bond motifs is 4. The van der Waals surface area contributed by atoms with Crippen LogP contribution in [0.3, 0.4) is 0 Å². The molecule has 0 atom stereocenters. The predicted octanol–water partition coefficient (Wildman–Crippen LogP) is 7.21. The summed E-state index contributed by atoms with van der Waals surface area (Å²) in [5.41, 5.74) is 2.00. The van der Waals surface area contributed by atoms with Gasteiger partial charge in [-0.3, -0.25) is 9.55 Å². The molecule has 0 radical (unpaired) electrons. The summed E-state index contributed by atoms with van der Waals surface area (Å²) in [6.07, 6.45) is 1.11. The van der Waals surface area contributed by atoms with Gasteiger partial charge in [0.15, 0.2) is 17.2 Å². The Kier molecular flexibility index (Phi) is 2.74. The van der Waals surface area contributed by atoms with Crippen molar-refractivity contribution in [3.63, 3.8) is 0 Å². The summed E-state index contributed by atoms with van der Waals surface area (Å²) in [4.78, 5) is 4.32. The maximum Gasteiger partial charge on any atom is 0.249 e. The van der Waals surface area contributed by atoms with E-state index in [4.69, 9.17) is 17.7 Å². The highest BCUT2D eigenvalue weighted by Gasteiger charge is 2.29. The predicted molar refractivity (Wildman–Crippen MR) is 123 cm³/mol. The molecule has 0 amide bonds. The van der Waals surface area contributed by atoms with Crippen LogP contribution in [0.5, 0.6) is 23.1 Å². The van der Waals surface area contributed by atoms with Crippen molar-refractivity contribution in [3.8, 4) is 40.1 Å². The molecule has 2 aromatic heterocycles. The second kappa shape index (κ2) is 6.74. The zero-order valence-electron chi connectivity index (χ0n) is 22.3. The molecule has 4 heteroatoms. The van der Waals surface area contributed by atoms with Gasteiger partial charge in [-0.25, -0.2) is 0 Å². The third-order valence-electron chi connectivity index (χ3n) is 5.37. The number of rotatable bonds is 2. The number of ether oxygens (including phenoxy) is 2. The summed E-state index contributed by atoms with van der Waals surface area (Å²) >= 11 is 0. The third-order valence-corrected chi connectivity index (χ3v) is 5.37. The number of aryl methyl sites for hydroxylation is 2. The maximum absolute atomic E-state index is 7.91. The first-order valence-electron chi connectivity index (χ1n) is 12.8. The standard InChI is InChI=1S/C27H20N2O2/c1-17-15-22(28-16-18(17)2)20-12-8-14-24-25(20)31-26-21-11-6-7-13-23(21)29(27(26)30-24)19-9-4-3-5-10-19/h3-16H,1-2H3/i1D3,2D3. The molecule has 0 unspecified atom stereocenters. The fraction of sp³-hybridized carbons (Fsp3) is 0.0741. The summed E-state index contributed by atoms with van der Waals surface area (Å²) in [5, 5.41) is 0.843. The van der Waals surface area contributed by atoms with Crippen molar-refractivity contribution in [2.24, 2.45) is 0 Å². The minimum atomic E-state index is -2.64. The quantitative estimate of drug-likeness (QED) is 0.303. The van der Waals surface area contributed by atoms with Crippen LogP contribution < -0.4 is 9.47 Å². The largest absolute Gasteiger partial charge is 0.446 e. The summed E-state index contributed by atoms with van der Waals surface area (Å²) < 4.78 is 61.8. The second-order valence-electron chi connectivity index (χ2n) is 7.27. The lowest BCUT2D eigenvalue weighted by Gasteiger charge is -2.22. The zero-order chi connectivity index (χ0) is 25.9. The molecule has 6 rings (SSSR count). The van der Waals surface area contributed by atoms with E-state index in [9.17, 15) is 0 Å². The van der Waals surface area contributed by atoms with Gasteiger partial charge < -0.3 is 9.47 Å². The minimum absolute atomic E-state index is 0.270. The van der Waals surface area contributed by atoms with Crippen molar-refractivity contribution < 1.29 is 17.7 Å². The molecule has 0 N–H and O–H groups in total. The molecule has 0 bridgehead atoms. The molecule has 3 heterocycles. The Hall–Kier alpha value is -4.05. The van der Waals surface area contributed by atoms with Crippen molar-refractivity contribution in [2.75, 3.05) is 0 Å². The van der Waals surface area contributed by atoms with Crippen LogP contribution in [-0.2, 0) is 0 Å². The summed E-state index contributed by atoms with van der Waals surface area (Å²) in [5.74, 6) is 1.85. The van der Waals surface area contributed by atoms with E-state index in [-0.39, 0.29) is 16.8 Å². The van der Waals surface area contributed by atoms with Gasteiger partial charge in [-0.15, -0.1) is 0 Å². The highest BCUT2D eigenvalue weighted by molar-refractivity contribution is 5.93. The van der Waals surface area contributed by atoms with E-state index in [1.54, 1.807) is 18.2 Å². The first-order chi connectivity index (χ1) is 17.6. The van der Waals surface area contributed by atoms with E-state index in [1.165, 1.54) is 6.07 Å². The monoisotopic (exact) mass is 410 g/mol. The van der Waals surface area contributed by atoms with Crippen LogP contribution in [0.15, 0.2) is 85.1 Å². The van der Waals surface area contributed by atoms with Crippen LogP contribution in [0.2, 0.25) is 0 Å². The molecule has 0 saturated carbocycles. The van der Waals surface area contributed by atoms with Crippen molar-refractivity contribution in [3.05, 3.63) is 96.2 Å². The van der Waals surface area contributed by atoms with Gasteiger partial charge in [0.1, 0.15) is 0 Å². The van der Waals surface area contributed by atoms with E-state index < -0.39 is 13.7 Å². The van der Waals surface area contributed by atoms with Gasteiger partial charge in [0.2, 0.25) is 5.88 Å². The topological polar surface area (TPSA) is 36.3 Å². The number of pyridine rings is 1. The molecule has 1 aliphatic rings. The van der Waals surface area contributed by atoms with E-state index in [0.29, 0.717) is 28.7 Å². The van der Waals surface area contributed by atoms with Crippen LogP contribution in [0.4, 0.5) is 0 Å². The lowest BCUT2D eigenvalue weighted by molar-refractivity contribution is 0.350. The molecular weight excluding hydrogens is 384 g/mol. The average molecular weight is 411 g/mol. The number of para-hydroxylation sites is 3. The Morgan fingerprint density at radius 1 is 0.806 bits per heavy atom. The Bertz CT molecular complexity index is 1660. The van der Waals surface area contributed by atoms with E-state index >= 15 is 0 Å². The van der Waals surface area contributed by atoms with Crippen LogP contribution in [0.25, 0.3) is 27.8 Å². The SMILES string of the molecule is [2H]C([2H])([2H])c1cnc(-c2cccc3c2Oc2c(n(-c4ccccc4)c4ccccc24)O3)cc1C([2H])([2H])[2H]. The van der Waals surface area contributed by atoms with Gasteiger partial charge in [0.05, 0.1) is 11.2 Å². The Balaban J connectivity index is 1.53. The Labute approximate surface area is 188 Å². The molecule has 150 valence electrons. The van der Waals surface area contributed by atoms with Crippen molar-refractivity contribution in [1.29, 1.82) is 0 Å². The summed E-state index contributed by atoms with van der Waals surface area (Å²) in [7, 11) is 0. The first-order valence-corrected chi connectivity index (χ1v) is 9.82. The fourth-order valence-electron chi connectivity index (χ4n) is 3.92. The normalized spacial score (nSPS) is 15.7. The fourth-order valence-corrected chi connectivity index (χ4v) is 3.92. The Morgan fingerprint density at radius 2 is 1.65 bits per heavy atom. The minimum Gasteiger partial charge on any atom is -0.446 e. The van der Waals surface area contributed by atoms with Gasteiger partial charge >= 0.3 is 0 Å². The van der Waals surface area contributed by atoms with Crippen LogP contribution >= 0.6 is 0 Å². The lowest BCUT2D eigenvalue weighted by atomic mass is 10.1. The third kappa shape index (κ3) is 2.72. The number of benzene rings is 3. The number of aromatic nitrogens is 2. The molecular formula is C27H20N2O2. The van der Waals surface area contributed by atoms with Crippen LogP contribution in [-0.4, -0.2) is 9.55 Å². The number of hydrogen-bond acceptors (Lipinski definition) is 3. The molecule has 3 aromatic carbocycles. The second-order valence-corrected chi connectivity index (χ2v) is 7.27. The lowest BCUT2D eigenvalue weighted by Crippen LogP contribution is -2.04. The van der Waals surface area contributed by atoms with E-state index in [1.807, 2.05) is 59.2 Å². The van der Waals surface area contributed by atoms with Crippen molar-refractivity contribution in [2.45, 2.75) is 13.7 Å². The molecule has 4 nitrogen and oxygen atoms in total. The summed E-state index contributed by atoms with van der Waals surface area (Å²) in [6.45, 7) is -5.25. The summed E-state index contributed by atoms with van der Waals surface area (Å²) in [6, 6.07) is 24.1. The molecule has 0 fully saturated rings. The van der Waals surface area contributed by atoms with Gasteiger partial charge in [-0.05, 0) is 67.3 Å². The average Bonchev–Trinajstić information content (AvgIpc) is 3.19. The molecule has 5 aromatic rings.